The number of unbranched alkanes of at least 4 members (excludes halogenated alkanes) is 2. The van der Waals surface area contributed by atoms with Gasteiger partial charge in [-0.2, -0.15) is 0 Å². The van der Waals surface area contributed by atoms with Crippen molar-refractivity contribution < 1.29 is 9.47 Å². The van der Waals surface area contributed by atoms with E-state index in [2.05, 4.69) is 17.9 Å². The molecule has 0 unspecified atom stereocenters. The topological polar surface area (TPSA) is 18.5 Å². The molecule has 0 aliphatic carbocycles. The van der Waals surface area contributed by atoms with Crippen molar-refractivity contribution in [3.63, 3.8) is 0 Å². The maximum absolute atomic E-state index is 4.87. The van der Waals surface area contributed by atoms with Crippen LogP contribution >= 0.6 is 0 Å². The van der Waals surface area contributed by atoms with Crippen LogP contribution in [0.4, 0.5) is 0 Å². The summed E-state index contributed by atoms with van der Waals surface area (Å²) in [5.74, 6) is 5.95. The highest BCUT2D eigenvalue weighted by Gasteiger charge is 1.79. The Morgan fingerprint density at radius 1 is 1.08 bits per heavy atom. The first kappa shape index (κ1) is 12.2. The lowest BCUT2D eigenvalue weighted by molar-refractivity contribution is 0.233. The van der Waals surface area contributed by atoms with Crippen molar-refractivity contribution in [2.75, 3.05) is 27.4 Å². The van der Waals surface area contributed by atoms with Crippen molar-refractivity contribution in [2.45, 2.75) is 19.3 Å². The van der Waals surface area contributed by atoms with Gasteiger partial charge in [0.15, 0.2) is 0 Å². The summed E-state index contributed by atoms with van der Waals surface area (Å²) in [5, 5.41) is 0. The normalized spacial score (nSPS) is 10.0. The van der Waals surface area contributed by atoms with Crippen LogP contribution in [-0.4, -0.2) is 27.4 Å². The number of hydrogen-bond acceptors (Lipinski definition) is 2. The van der Waals surface area contributed by atoms with E-state index in [1.54, 1.807) is 14.2 Å². The van der Waals surface area contributed by atoms with Crippen LogP contribution in [0.5, 0.6) is 0 Å². The Kier molecular flexibility index (Phi) is 10.5. The van der Waals surface area contributed by atoms with Gasteiger partial charge in [-0.1, -0.05) is 18.1 Å². The molecule has 0 atom stereocenters. The van der Waals surface area contributed by atoms with Gasteiger partial charge >= 0.3 is 0 Å². The summed E-state index contributed by atoms with van der Waals surface area (Å²) >= 11 is 0. The lowest BCUT2D eigenvalue weighted by atomic mass is 10.2. The first-order valence-electron chi connectivity index (χ1n) is 4.50. The second-order valence-corrected chi connectivity index (χ2v) is 2.61. The quantitative estimate of drug-likeness (QED) is 0.355. The van der Waals surface area contributed by atoms with E-state index in [0.29, 0.717) is 13.2 Å². The minimum atomic E-state index is 0.541. The third kappa shape index (κ3) is 11.2. The highest BCUT2D eigenvalue weighted by Crippen LogP contribution is 1.94. The molecule has 0 rings (SSSR count). The van der Waals surface area contributed by atoms with Crippen molar-refractivity contribution in [1.82, 2.24) is 0 Å². The largest absolute Gasteiger partial charge is 0.381 e. The Bertz CT molecular complexity index is 174. The molecule has 0 radical (unpaired) electrons. The highest BCUT2D eigenvalue weighted by atomic mass is 16.5. The molecule has 0 bridgehead atoms. The van der Waals surface area contributed by atoms with Gasteiger partial charge < -0.3 is 9.47 Å². The van der Waals surface area contributed by atoms with E-state index in [9.17, 15) is 0 Å². The zero-order chi connectivity index (χ0) is 9.78. The smallest absolute Gasteiger partial charge is 0.107 e. The standard InChI is InChI=1S/C11H18O2/c1-12-10-8-6-4-3-5-7-9-11-13-2/h6,8H,3-5,10-11H2,1-2H3/b8-6+. The van der Waals surface area contributed by atoms with Gasteiger partial charge in [0.25, 0.3) is 0 Å². The summed E-state index contributed by atoms with van der Waals surface area (Å²) in [7, 11) is 3.35. The van der Waals surface area contributed by atoms with Crippen LogP contribution in [0.15, 0.2) is 12.2 Å². The number of ether oxygens (including phenoxy) is 2. The molecule has 2 nitrogen and oxygen atoms in total. The van der Waals surface area contributed by atoms with Gasteiger partial charge in [-0.15, -0.1) is 5.92 Å². The van der Waals surface area contributed by atoms with Crippen LogP contribution < -0.4 is 0 Å². The van der Waals surface area contributed by atoms with E-state index in [4.69, 9.17) is 9.47 Å². The van der Waals surface area contributed by atoms with Crippen LogP contribution in [-0.2, 0) is 9.47 Å². The molecule has 0 amide bonds. The van der Waals surface area contributed by atoms with Gasteiger partial charge in [-0.25, -0.2) is 0 Å². The van der Waals surface area contributed by atoms with Gasteiger partial charge in [0.2, 0.25) is 0 Å². The molecule has 0 saturated heterocycles. The molecule has 0 spiro atoms. The highest BCUT2D eigenvalue weighted by molar-refractivity contribution is 4.99. The third-order valence-electron chi connectivity index (χ3n) is 1.44. The van der Waals surface area contributed by atoms with E-state index in [1.165, 1.54) is 0 Å². The van der Waals surface area contributed by atoms with Crippen LogP contribution in [0.25, 0.3) is 0 Å². The predicted octanol–water partition coefficient (Wildman–Crippen LogP) is 2.01. The molecule has 0 heterocycles. The average Bonchev–Trinajstić information content (AvgIpc) is 2.16. The summed E-state index contributed by atoms with van der Waals surface area (Å²) in [6, 6.07) is 0. The average molecular weight is 182 g/mol. The summed E-state index contributed by atoms with van der Waals surface area (Å²) < 4.78 is 9.67. The van der Waals surface area contributed by atoms with Gasteiger partial charge in [0, 0.05) is 20.6 Å². The number of hydrogen-bond donors (Lipinski definition) is 0. The molecule has 2 heteroatoms. The monoisotopic (exact) mass is 182 g/mol. The van der Waals surface area contributed by atoms with Gasteiger partial charge in [-0.3, -0.25) is 0 Å². The Morgan fingerprint density at radius 3 is 2.62 bits per heavy atom. The molecule has 0 saturated carbocycles. The van der Waals surface area contributed by atoms with E-state index < -0.39 is 0 Å². The lowest BCUT2D eigenvalue weighted by Gasteiger charge is -1.89. The summed E-state index contributed by atoms with van der Waals surface area (Å²) in [6.07, 6.45) is 7.28. The Labute approximate surface area is 80.9 Å². The lowest BCUT2D eigenvalue weighted by Crippen LogP contribution is -1.81. The maximum atomic E-state index is 4.87. The summed E-state index contributed by atoms with van der Waals surface area (Å²) in [4.78, 5) is 0. The summed E-state index contributed by atoms with van der Waals surface area (Å²) in [6.45, 7) is 1.24. The molecule has 0 aliphatic rings. The molecule has 0 aromatic rings. The molecular weight excluding hydrogens is 164 g/mol. The molecule has 0 aromatic heterocycles. The van der Waals surface area contributed by atoms with Crippen molar-refractivity contribution in [1.29, 1.82) is 0 Å². The van der Waals surface area contributed by atoms with E-state index >= 15 is 0 Å². The maximum Gasteiger partial charge on any atom is 0.107 e. The van der Waals surface area contributed by atoms with E-state index in [-0.39, 0.29) is 0 Å². The fourth-order valence-electron chi connectivity index (χ4n) is 0.802. The zero-order valence-corrected chi connectivity index (χ0v) is 8.51. The molecule has 74 valence electrons. The Balaban J connectivity index is 3.13. The van der Waals surface area contributed by atoms with Crippen LogP contribution in [0.2, 0.25) is 0 Å². The molecule has 13 heavy (non-hydrogen) atoms. The second kappa shape index (κ2) is 11.2. The van der Waals surface area contributed by atoms with Crippen LogP contribution in [0.1, 0.15) is 19.3 Å². The molecular formula is C11H18O2. The van der Waals surface area contributed by atoms with Gasteiger partial charge in [0.1, 0.15) is 6.61 Å². The Hall–Kier alpha value is -0.780. The van der Waals surface area contributed by atoms with E-state index in [1.807, 2.05) is 6.08 Å². The first-order chi connectivity index (χ1) is 6.41. The molecule has 0 aromatic carbocycles. The van der Waals surface area contributed by atoms with E-state index in [0.717, 1.165) is 19.3 Å². The van der Waals surface area contributed by atoms with Crippen molar-refractivity contribution in [3.05, 3.63) is 12.2 Å². The number of allylic oxidation sites excluding steroid dienone is 1. The van der Waals surface area contributed by atoms with Crippen LogP contribution in [0, 0.1) is 11.8 Å². The van der Waals surface area contributed by atoms with Gasteiger partial charge in [-0.05, 0) is 12.8 Å². The van der Waals surface area contributed by atoms with Crippen molar-refractivity contribution >= 4 is 0 Å². The first-order valence-corrected chi connectivity index (χ1v) is 4.50. The number of rotatable bonds is 6. The second-order valence-electron chi connectivity index (χ2n) is 2.61. The fraction of sp³-hybridized carbons (Fsp3) is 0.636. The summed E-state index contributed by atoms with van der Waals surface area (Å²) in [5.41, 5.74) is 0. The third-order valence-corrected chi connectivity index (χ3v) is 1.44. The molecule has 0 aliphatic heterocycles. The Morgan fingerprint density at radius 2 is 1.92 bits per heavy atom. The predicted molar refractivity (Wildman–Crippen MR) is 54.5 cm³/mol. The minimum absolute atomic E-state index is 0.541. The van der Waals surface area contributed by atoms with Crippen molar-refractivity contribution in [2.24, 2.45) is 0 Å². The van der Waals surface area contributed by atoms with Crippen molar-refractivity contribution in [3.8, 4) is 11.8 Å². The fourth-order valence-corrected chi connectivity index (χ4v) is 0.802. The number of methoxy groups -OCH3 is 2. The zero-order valence-electron chi connectivity index (χ0n) is 8.51. The van der Waals surface area contributed by atoms with Gasteiger partial charge in [0.05, 0.1) is 6.61 Å². The minimum Gasteiger partial charge on any atom is -0.381 e. The van der Waals surface area contributed by atoms with Crippen LogP contribution in [0.3, 0.4) is 0 Å². The SMILES string of the molecule is COCC#CCCC/C=C/COC. The molecule has 0 fully saturated rings. The molecule has 0 N–H and O–H groups in total.